The Morgan fingerprint density at radius 1 is 1.26 bits per heavy atom. The number of nitrogens with zero attached hydrogens (tertiary/aromatic N) is 5. The lowest BCUT2D eigenvalue weighted by molar-refractivity contribution is 0.0566. The van der Waals surface area contributed by atoms with Crippen molar-refractivity contribution in [2.75, 3.05) is 25.5 Å². The minimum absolute atomic E-state index is 0.354. The fourth-order valence-electron chi connectivity index (χ4n) is 3.81. The molecule has 0 amide bonds. The first-order valence-corrected chi connectivity index (χ1v) is 9.95. The van der Waals surface area contributed by atoms with Gasteiger partial charge in [0.1, 0.15) is 17.2 Å². The summed E-state index contributed by atoms with van der Waals surface area (Å²) in [5.41, 5.74) is 3.36. The van der Waals surface area contributed by atoms with E-state index in [1.54, 1.807) is 12.3 Å². The Morgan fingerprint density at radius 3 is 2.90 bits per heavy atom. The highest BCUT2D eigenvalue weighted by Gasteiger charge is 2.18. The van der Waals surface area contributed by atoms with Crippen molar-refractivity contribution in [2.24, 2.45) is 0 Å². The number of halogens is 2. The van der Waals surface area contributed by atoms with Gasteiger partial charge < -0.3 is 15.4 Å². The number of rotatable bonds is 6. The monoisotopic (exact) mass is 425 g/mol. The molecule has 0 aromatic carbocycles. The van der Waals surface area contributed by atoms with E-state index >= 15 is 0 Å². The second-order valence-corrected chi connectivity index (χ2v) is 7.36. The SMILES string of the molecule is COc1cc2ncc(-c3cccc(NC4CCNC4)n3)n2cc1-c1cnn(C(F)F)c1. The van der Waals surface area contributed by atoms with Crippen LogP contribution in [0.5, 0.6) is 5.75 Å². The van der Waals surface area contributed by atoms with E-state index in [1.165, 1.54) is 19.5 Å². The lowest BCUT2D eigenvalue weighted by Gasteiger charge is -2.13. The van der Waals surface area contributed by atoms with Crippen molar-refractivity contribution >= 4 is 11.5 Å². The van der Waals surface area contributed by atoms with Gasteiger partial charge in [0.25, 0.3) is 0 Å². The maximum absolute atomic E-state index is 13.0. The summed E-state index contributed by atoms with van der Waals surface area (Å²) >= 11 is 0. The molecular weight excluding hydrogens is 404 g/mol. The predicted molar refractivity (Wildman–Crippen MR) is 112 cm³/mol. The van der Waals surface area contributed by atoms with Crippen molar-refractivity contribution in [3.8, 4) is 28.3 Å². The number of fused-ring (bicyclic) bond motifs is 1. The van der Waals surface area contributed by atoms with Crippen LogP contribution in [0.3, 0.4) is 0 Å². The van der Waals surface area contributed by atoms with Crippen LogP contribution in [-0.4, -0.2) is 50.4 Å². The normalized spacial score (nSPS) is 16.3. The van der Waals surface area contributed by atoms with E-state index in [4.69, 9.17) is 9.72 Å². The standard InChI is InChI=1S/C21H21F2N7O/c1-31-18-7-20-25-10-17(16-3-2-4-19(28-16)27-14-5-6-24-9-14)29(20)12-15(18)13-8-26-30(11-13)21(22)23/h2-4,7-8,10-12,14,21,24H,5-6,9H2,1H3,(H,27,28). The summed E-state index contributed by atoms with van der Waals surface area (Å²) in [6, 6.07) is 7.93. The highest BCUT2D eigenvalue weighted by atomic mass is 19.3. The number of alkyl halides is 2. The Balaban J connectivity index is 1.55. The van der Waals surface area contributed by atoms with E-state index in [9.17, 15) is 8.78 Å². The van der Waals surface area contributed by atoms with Crippen LogP contribution >= 0.6 is 0 Å². The van der Waals surface area contributed by atoms with Crippen LogP contribution in [-0.2, 0) is 0 Å². The summed E-state index contributed by atoms with van der Waals surface area (Å²) in [6.45, 7) is -0.796. The number of imidazole rings is 1. The second kappa shape index (κ2) is 7.95. The molecule has 160 valence electrons. The predicted octanol–water partition coefficient (Wildman–Crippen LogP) is 3.44. The van der Waals surface area contributed by atoms with Crippen LogP contribution in [0, 0.1) is 0 Å². The van der Waals surface area contributed by atoms with Crippen LogP contribution in [0.25, 0.3) is 28.2 Å². The van der Waals surface area contributed by atoms with Crippen LogP contribution < -0.4 is 15.4 Å². The number of hydrogen-bond acceptors (Lipinski definition) is 6. The highest BCUT2D eigenvalue weighted by molar-refractivity contribution is 5.73. The molecule has 5 heterocycles. The number of aromatic nitrogens is 5. The molecule has 31 heavy (non-hydrogen) atoms. The molecular formula is C21H21F2N7O. The number of pyridine rings is 2. The number of methoxy groups -OCH3 is 1. The average molecular weight is 425 g/mol. The molecule has 1 fully saturated rings. The van der Waals surface area contributed by atoms with Crippen LogP contribution in [0.4, 0.5) is 14.6 Å². The van der Waals surface area contributed by atoms with Crippen LogP contribution in [0.2, 0.25) is 0 Å². The van der Waals surface area contributed by atoms with Crippen LogP contribution in [0.15, 0.2) is 49.1 Å². The largest absolute Gasteiger partial charge is 0.496 e. The molecule has 8 nitrogen and oxygen atoms in total. The van der Waals surface area contributed by atoms with Crippen molar-refractivity contribution in [1.29, 1.82) is 0 Å². The molecule has 0 spiro atoms. The minimum Gasteiger partial charge on any atom is -0.496 e. The van der Waals surface area contributed by atoms with Gasteiger partial charge in [0, 0.05) is 42.2 Å². The Kier molecular flexibility index (Phi) is 4.99. The molecule has 0 aliphatic carbocycles. The summed E-state index contributed by atoms with van der Waals surface area (Å²) in [4.78, 5) is 9.23. The summed E-state index contributed by atoms with van der Waals surface area (Å²) < 4.78 is 33.9. The molecule has 0 bridgehead atoms. The third kappa shape index (κ3) is 3.70. The zero-order valence-electron chi connectivity index (χ0n) is 16.8. The van der Waals surface area contributed by atoms with Crippen LogP contribution in [0.1, 0.15) is 13.0 Å². The topological polar surface area (TPSA) is 81.3 Å². The summed E-state index contributed by atoms with van der Waals surface area (Å²) in [6.07, 6.45) is 7.29. The first-order valence-electron chi connectivity index (χ1n) is 9.95. The molecule has 1 aliphatic rings. The number of ether oxygens (including phenoxy) is 1. The molecule has 1 atom stereocenters. The molecule has 1 unspecified atom stereocenters. The van der Waals surface area contributed by atoms with Gasteiger partial charge in [-0.2, -0.15) is 13.9 Å². The van der Waals surface area contributed by atoms with Crippen molar-refractivity contribution in [2.45, 2.75) is 19.0 Å². The fraction of sp³-hybridized carbons (Fsp3) is 0.286. The van der Waals surface area contributed by atoms with E-state index in [-0.39, 0.29) is 0 Å². The molecule has 1 aliphatic heterocycles. The second-order valence-electron chi connectivity index (χ2n) is 7.36. The van der Waals surface area contributed by atoms with E-state index in [1.807, 2.05) is 28.8 Å². The molecule has 2 N–H and O–H groups in total. The van der Waals surface area contributed by atoms with E-state index < -0.39 is 6.55 Å². The lowest BCUT2D eigenvalue weighted by Crippen LogP contribution is -2.22. The zero-order valence-corrected chi connectivity index (χ0v) is 16.8. The van der Waals surface area contributed by atoms with Gasteiger partial charge in [0.05, 0.1) is 30.9 Å². The van der Waals surface area contributed by atoms with Gasteiger partial charge in [0.2, 0.25) is 0 Å². The third-order valence-electron chi connectivity index (χ3n) is 5.37. The van der Waals surface area contributed by atoms with E-state index in [0.717, 1.165) is 36.7 Å². The molecule has 1 saturated heterocycles. The Hall–Kier alpha value is -3.53. The van der Waals surface area contributed by atoms with Gasteiger partial charge in [0.15, 0.2) is 0 Å². The maximum atomic E-state index is 13.0. The third-order valence-corrected chi connectivity index (χ3v) is 5.37. The molecule has 0 radical (unpaired) electrons. The quantitative estimate of drug-likeness (QED) is 0.493. The zero-order chi connectivity index (χ0) is 21.4. The Morgan fingerprint density at radius 2 is 2.16 bits per heavy atom. The first-order chi connectivity index (χ1) is 15.1. The lowest BCUT2D eigenvalue weighted by atomic mass is 10.1. The van der Waals surface area contributed by atoms with Gasteiger partial charge in [-0.25, -0.2) is 14.6 Å². The maximum Gasteiger partial charge on any atom is 0.333 e. The van der Waals surface area contributed by atoms with Crippen molar-refractivity contribution in [1.82, 2.24) is 29.5 Å². The average Bonchev–Trinajstić information content (AvgIpc) is 3.53. The summed E-state index contributed by atoms with van der Waals surface area (Å²) in [5.74, 6) is 1.32. The molecule has 5 rings (SSSR count). The minimum atomic E-state index is -2.71. The smallest absolute Gasteiger partial charge is 0.333 e. The molecule has 10 heteroatoms. The van der Waals surface area contributed by atoms with Crippen molar-refractivity contribution in [3.63, 3.8) is 0 Å². The van der Waals surface area contributed by atoms with Crippen molar-refractivity contribution < 1.29 is 13.5 Å². The molecule has 0 saturated carbocycles. The van der Waals surface area contributed by atoms with Gasteiger partial charge in [-0.05, 0) is 25.1 Å². The Bertz CT molecular complexity index is 1210. The highest BCUT2D eigenvalue weighted by Crippen LogP contribution is 2.33. The van der Waals surface area contributed by atoms with Gasteiger partial charge in [-0.3, -0.25) is 4.40 Å². The number of hydrogen-bond donors (Lipinski definition) is 2. The Labute approximate surface area is 176 Å². The number of anilines is 1. The van der Waals surface area contributed by atoms with Gasteiger partial charge >= 0.3 is 6.55 Å². The van der Waals surface area contributed by atoms with E-state index in [2.05, 4.69) is 20.7 Å². The number of nitrogens with one attached hydrogen (secondary N) is 2. The van der Waals surface area contributed by atoms with Gasteiger partial charge in [-0.15, -0.1) is 0 Å². The molecule has 4 aromatic heterocycles. The molecule has 4 aromatic rings. The summed E-state index contributed by atoms with van der Waals surface area (Å²) in [7, 11) is 1.53. The fourth-order valence-corrected chi connectivity index (χ4v) is 3.81. The summed E-state index contributed by atoms with van der Waals surface area (Å²) in [5, 5.41) is 10.5. The van der Waals surface area contributed by atoms with Crippen molar-refractivity contribution in [3.05, 3.63) is 49.1 Å². The first kappa shape index (κ1) is 19.4. The van der Waals surface area contributed by atoms with E-state index in [0.29, 0.717) is 33.2 Å². The van der Waals surface area contributed by atoms with Gasteiger partial charge in [-0.1, -0.05) is 6.07 Å².